The fourth-order valence-corrected chi connectivity index (χ4v) is 3.15. The fraction of sp³-hybridized carbons (Fsp3) is 0.300. The van der Waals surface area contributed by atoms with Gasteiger partial charge in [-0.3, -0.25) is 9.59 Å². The van der Waals surface area contributed by atoms with Crippen LogP contribution in [0.5, 0.6) is 0 Å². The van der Waals surface area contributed by atoms with Gasteiger partial charge in [-0.2, -0.15) is 4.89 Å². The predicted molar refractivity (Wildman–Crippen MR) is 91.2 cm³/mol. The van der Waals surface area contributed by atoms with Gasteiger partial charge >= 0.3 is 5.97 Å². The Morgan fingerprint density at radius 3 is 2.56 bits per heavy atom. The molecule has 0 aromatic heterocycles. The molecule has 130 valence electrons. The van der Waals surface area contributed by atoms with Gasteiger partial charge in [0.2, 0.25) is 0 Å². The van der Waals surface area contributed by atoms with Gasteiger partial charge in [0.05, 0.1) is 0 Å². The molecule has 1 unspecified atom stereocenters. The van der Waals surface area contributed by atoms with Crippen molar-refractivity contribution in [3.05, 3.63) is 70.3 Å². The van der Waals surface area contributed by atoms with E-state index in [0.717, 1.165) is 12.0 Å². The molecule has 2 aromatic rings. The highest BCUT2D eigenvalue weighted by atomic mass is 17.1. The number of ketones is 1. The Labute approximate surface area is 146 Å². The average molecular weight is 340 g/mol. The van der Waals surface area contributed by atoms with Gasteiger partial charge in [-0.25, -0.2) is 5.26 Å². The van der Waals surface area contributed by atoms with Crippen molar-refractivity contribution >= 4 is 11.8 Å². The lowest BCUT2D eigenvalue weighted by atomic mass is 9.80. The second-order valence-electron chi connectivity index (χ2n) is 6.21. The number of ether oxygens (including phenoxy) is 1. The molecular weight excluding hydrogens is 320 g/mol. The summed E-state index contributed by atoms with van der Waals surface area (Å²) in [6.45, 7) is 3.83. The van der Waals surface area contributed by atoms with Crippen LogP contribution in [0.2, 0.25) is 0 Å². The average Bonchev–Trinajstić information content (AvgIpc) is 2.63. The minimum absolute atomic E-state index is 0.188. The van der Waals surface area contributed by atoms with Gasteiger partial charge in [-0.1, -0.05) is 55.3 Å². The summed E-state index contributed by atoms with van der Waals surface area (Å²) in [6, 6.07) is 11.8. The van der Waals surface area contributed by atoms with E-state index in [1.807, 2.05) is 13.8 Å². The monoisotopic (exact) mass is 340 g/mol. The molecule has 0 amide bonds. The Morgan fingerprint density at radius 2 is 1.84 bits per heavy atom. The first-order valence-electron chi connectivity index (χ1n) is 8.33. The number of aryl methyl sites for hydroxylation is 1. The molecule has 2 aromatic carbocycles. The van der Waals surface area contributed by atoms with Crippen LogP contribution in [0, 0.1) is 6.92 Å². The van der Waals surface area contributed by atoms with Crippen LogP contribution in [-0.4, -0.2) is 17.0 Å². The molecule has 1 aliphatic carbocycles. The van der Waals surface area contributed by atoms with Crippen molar-refractivity contribution in [2.75, 3.05) is 0 Å². The lowest BCUT2D eigenvalue weighted by Crippen LogP contribution is -2.41. The molecule has 0 saturated carbocycles. The second kappa shape index (κ2) is 6.78. The smallest absolute Gasteiger partial charge is 0.308 e. The lowest BCUT2D eigenvalue weighted by Gasteiger charge is -2.36. The molecule has 5 nitrogen and oxygen atoms in total. The van der Waals surface area contributed by atoms with Gasteiger partial charge in [0, 0.05) is 28.7 Å². The third-order valence-electron chi connectivity index (χ3n) is 4.42. The molecule has 0 aliphatic heterocycles. The molecule has 0 bridgehead atoms. The van der Waals surface area contributed by atoms with E-state index in [9.17, 15) is 14.8 Å². The van der Waals surface area contributed by atoms with Crippen LogP contribution < -0.4 is 0 Å². The molecule has 1 aliphatic rings. The number of carbonyl (C=O) groups excluding carboxylic acids is 2. The number of carbonyl (C=O) groups is 2. The van der Waals surface area contributed by atoms with E-state index >= 15 is 0 Å². The molecular formula is C20H20O5. The van der Waals surface area contributed by atoms with Crippen LogP contribution in [0.1, 0.15) is 58.8 Å². The third kappa shape index (κ3) is 2.86. The largest absolute Gasteiger partial charge is 0.421 e. The maximum Gasteiger partial charge on any atom is 0.308 e. The molecule has 5 heteroatoms. The van der Waals surface area contributed by atoms with Crippen molar-refractivity contribution in [1.82, 2.24) is 0 Å². The molecule has 0 spiro atoms. The highest BCUT2D eigenvalue weighted by Gasteiger charge is 2.49. The van der Waals surface area contributed by atoms with Crippen molar-refractivity contribution in [1.29, 1.82) is 0 Å². The predicted octanol–water partition coefficient (Wildman–Crippen LogP) is 3.96. The summed E-state index contributed by atoms with van der Waals surface area (Å²) in [7, 11) is 0. The number of unbranched alkanes of at least 4 members (excludes halogenated alkanes) is 1. The summed E-state index contributed by atoms with van der Waals surface area (Å²) in [5, 5.41) is 9.78. The quantitative estimate of drug-likeness (QED) is 0.386. The van der Waals surface area contributed by atoms with Crippen LogP contribution in [-0.2, 0) is 20.2 Å². The standard InChI is InChI=1S/C20H20O5/c1-3-4-9-18(21)24-20(25-23)16-8-6-5-7-14(16)19(22)15-12-13(2)10-11-17(15)20/h5-8,10-12,23H,3-4,9H2,1-2H3. The highest BCUT2D eigenvalue weighted by Crippen LogP contribution is 2.43. The fourth-order valence-electron chi connectivity index (χ4n) is 3.15. The minimum atomic E-state index is -1.83. The summed E-state index contributed by atoms with van der Waals surface area (Å²) in [6.07, 6.45) is 1.72. The highest BCUT2D eigenvalue weighted by molar-refractivity contribution is 6.13. The normalized spacial score (nSPS) is 18.4. The van der Waals surface area contributed by atoms with E-state index in [4.69, 9.17) is 9.62 Å². The molecule has 0 fully saturated rings. The molecule has 1 atom stereocenters. The van der Waals surface area contributed by atoms with Gasteiger partial charge in [0.15, 0.2) is 5.78 Å². The van der Waals surface area contributed by atoms with Gasteiger partial charge in [0.1, 0.15) is 0 Å². The van der Waals surface area contributed by atoms with Crippen LogP contribution in [0.25, 0.3) is 0 Å². The molecule has 0 radical (unpaired) electrons. The van der Waals surface area contributed by atoms with E-state index in [0.29, 0.717) is 28.7 Å². The Kier molecular flexibility index (Phi) is 4.70. The van der Waals surface area contributed by atoms with Crippen molar-refractivity contribution in [2.45, 2.75) is 38.9 Å². The summed E-state index contributed by atoms with van der Waals surface area (Å²) in [5.74, 6) is -2.52. The summed E-state index contributed by atoms with van der Waals surface area (Å²) < 4.78 is 5.61. The third-order valence-corrected chi connectivity index (χ3v) is 4.42. The molecule has 25 heavy (non-hydrogen) atoms. The van der Waals surface area contributed by atoms with Crippen molar-refractivity contribution in [2.24, 2.45) is 0 Å². The zero-order valence-electron chi connectivity index (χ0n) is 14.2. The number of hydrogen-bond acceptors (Lipinski definition) is 5. The van der Waals surface area contributed by atoms with Gasteiger partial charge in [-0.15, -0.1) is 0 Å². The van der Waals surface area contributed by atoms with E-state index in [1.54, 1.807) is 42.5 Å². The second-order valence-corrected chi connectivity index (χ2v) is 6.21. The number of hydrogen-bond donors (Lipinski definition) is 1. The topological polar surface area (TPSA) is 72.8 Å². The summed E-state index contributed by atoms with van der Waals surface area (Å²) in [5.41, 5.74) is 2.24. The van der Waals surface area contributed by atoms with E-state index < -0.39 is 11.8 Å². The SMILES string of the molecule is CCCCC(=O)OC1(OO)c2ccccc2C(=O)c2cc(C)ccc21. The van der Waals surface area contributed by atoms with Gasteiger partial charge < -0.3 is 4.74 Å². The van der Waals surface area contributed by atoms with Crippen molar-refractivity contribution in [3.8, 4) is 0 Å². The van der Waals surface area contributed by atoms with Crippen LogP contribution in [0.3, 0.4) is 0 Å². The number of fused-ring (bicyclic) bond motifs is 2. The van der Waals surface area contributed by atoms with Gasteiger partial charge in [0.25, 0.3) is 5.79 Å². The van der Waals surface area contributed by atoms with Crippen LogP contribution in [0.4, 0.5) is 0 Å². The Balaban J connectivity index is 2.19. The first-order chi connectivity index (χ1) is 12.0. The number of esters is 1. The van der Waals surface area contributed by atoms with E-state index in [-0.39, 0.29) is 12.2 Å². The minimum Gasteiger partial charge on any atom is -0.421 e. The molecule has 0 saturated heterocycles. The molecule has 1 N–H and O–H groups in total. The number of rotatable bonds is 5. The van der Waals surface area contributed by atoms with E-state index in [1.165, 1.54) is 0 Å². The summed E-state index contributed by atoms with van der Waals surface area (Å²) >= 11 is 0. The van der Waals surface area contributed by atoms with Crippen LogP contribution in [0.15, 0.2) is 42.5 Å². The van der Waals surface area contributed by atoms with Gasteiger partial charge in [-0.05, 0) is 19.4 Å². The van der Waals surface area contributed by atoms with E-state index in [2.05, 4.69) is 0 Å². The Hall–Kier alpha value is -2.50. The Morgan fingerprint density at radius 1 is 1.12 bits per heavy atom. The lowest BCUT2D eigenvalue weighted by molar-refractivity contribution is -0.384. The molecule has 3 rings (SSSR count). The van der Waals surface area contributed by atoms with Crippen LogP contribution >= 0.6 is 0 Å². The maximum atomic E-state index is 12.8. The molecule has 0 heterocycles. The van der Waals surface area contributed by atoms with Crippen molar-refractivity contribution < 1.29 is 24.5 Å². The Bertz CT molecular complexity index is 827. The maximum absolute atomic E-state index is 12.8. The zero-order valence-corrected chi connectivity index (χ0v) is 14.2. The first kappa shape index (κ1) is 17.3. The number of benzene rings is 2. The first-order valence-corrected chi connectivity index (χ1v) is 8.33. The summed E-state index contributed by atoms with van der Waals surface area (Å²) in [4.78, 5) is 29.9. The zero-order chi connectivity index (χ0) is 18.0. The van der Waals surface area contributed by atoms with Crippen molar-refractivity contribution in [3.63, 3.8) is 0 Å².